The molecule has 2 saturated heterocycles. The predicted octanol–water partition coefficient (Wildman–Crippen LogP) is 6.34. The lowest BCUT2D eigenvalue weighted by Crippen LogP contribution is -2.49. The van der Waals surface area contributed by atoms with Gasteiger partial charge in [-0.15, -0.1) is 0 Å². The highest BCUT2D eigenvalue weighted by Crippen LogP contribution is 2.42. The molecule has 0 N–H and O–H groups in total. The van der Waals surface area contributed by atoms with E-state index >= 15 is 0 Å². The fourth-order valence-corrected chi connectivity index (χ4v) is 5.59. The van der Waals surface area contributed by atoms with Gasteiger partial charge in [-0.1, -0.05) is 36.4 Å². The second kappa shape index (κ2) is 8.57. The number of piperidine rings is 1. The summed E-state index contributed by atoms with van der Waals surface area (Å²) < 4.78 is 6.38. The van der Waals surface area contributed by atoms with E-state index in [0.29, 0.717) is 23.9 Å². The van der Waals surface area contributed by atoms with Crippen LogP contribution in [0.4, 0.5) is 5.69 Å². The first-order valence-corrected chi connectivity index (χ1v) is 11.9. The van der Waals surface area contributed by atoms with E-state index in [2.05, 4.69) is 66.0 Å². The number of hydrogen-bond donors (Lipinski definition) is 0. The number of ether oxygens (including phenoxy) is 1. The van der Waals surface area contributed by atoms with Crippen LogP contribution in [0, 0.1) is 12.8 Å². The third kappa shape index (κ3) is 3.87. The monoisotopic (exact) mass is 428 g/mol. The quantitative estimate of drug-likeness (QED) is 0.504. The predicted molar refractivity (Wildman–Crippen MR) is 131 cm³/mol. The average molecular weight is 429 g/mol. The molecule has 1 saturated carbocycles. The normalized spacial score (nSPS) is 24.7. The van der Waals surface area contributed by atoms with Crippen LogP contribution in [0.3, 0.4) is 0 Å². The van der Waals surface area contributed by atoms with Gasteiger partial charge in [-0.3, -0.25) is 9.79 Å². The first-order valence-electron chi connectivity index (χ1n) is 11.9. The molecule has 5 rings (SSSR count). The summed E-state index contributed by atoms with van der Waals surface area (Å²) in [6, 6.07) is 13.4. The molecule has 2 bridgehead atoms. The zero-order chi connectivity index (χ0) is 22.2. The molecular weight excluding hydrogens is 396 g/mol. The van der Waals surface area contributed by atoms with Crippen molar-refractivity contribution in [3.63, 3.8) is 0 Å². The zero-order valence-corrected chi connectivity index (χ0v) is 19.1. The van der Waals surface area contributed by atoms with Gasteiger partial charge >= 0.3 is 0 Å². The number of rotatable bonds is 6. The molecule has 2 aromatic carbocycles. The summed E-state index contributed by atoms with van der Waals surface area (Å²) in [5, 5.41) is 0. The SMILES string of the molecule is C=Nc1c(/C=C\C)ccc(-c2ccc(O[C@H]3C[C@H]4CC[C@@H](C3)N4C(=O)C3CC3)cc2)c1C. The van der Waals surface area contributed by atoms with E-state index in [0.717, 1.165) is 72.2 Å². The average Bonchev–Trinajstić information content (AvgIpc) is 3.60. The summed E-state index contributed by atoms with van der Waals surface area (Å²) in [5.74, 6) is 1.63. The minimum Gasteiger partial charge on any atom is -0.490 e. The molecule has 4 nitrogen and oxygen atoms in total. The van der Waals surface area contributed by atoms with Crippen molar-refractivity contribution in [1.82, 2.24) is 4.90 Å². The van der Waals surface area contributed by atoms with E-state index in [-0.39, 0.29) is 6.10 Å². The molecule has 1 amide bonds. The zero-order valence-electron chi connectivity index (χ0n) is 19.1. The van der Waals surface area contributed by atoms with Gasteiger partial charge in [0.05, 0.1) is 5.69 Å². The minimum absolute atomic E-state index is 0.194. The third-order valence-electron chi connectivity index (χ3n) is 7.31. The van der Waals surface area contributed by atoms with Gasteiger partial charge in [0.15, 0.2) is 0 Å². The Morgan fingerprint density at radius 3 is 2.34 bits per heavy atom. The maximum absolute atomic E-state index is 12.7. The summed E-state index contributed by atoms with van der Waals surface area (Å²) in [5.41, 5.74) is 5.47. The van der Waals surface area contributed by atoms with Crippen LogP contribution in [0.2, 0.25) is 0 Å². The molecule has 0 unspecified atom stereocenters. The molecule has 3 atom stereocenters. The standard InChI is InChI=1S/C28H32N2O2/c1-4-5-20-10-15-26(18(2)27(20)29-3)19-8-13-24(14-9-19)32-25-16-22-11-12-23(17-25)30(22)28(31)21-6-7-21/h4-5,8-10,13-15,21-23,25H,3,6-7,11-12,16-17H2,1-2H3/b5-4-/t22-,23+,25+. The van der Waals surface area contributed by atoms with Crippen LogP contribution in [-0.2, 0) is 4.79 Å². The van der Waals surface area contributed by atoms with Gasteiger partial charge < -0.3 is 9.64 Å². The molecule has 0 aromatic heterocycles. The van der Waals surface area contributed by atoms with Crippen LogP contribution in [-0.4, -0.2) is 35.7 Å². The van der Waals surface area contributed by atoms with Gasteiger partial charge in [0, 0.05) is 36.4 Å². The van der Waals surface area contributed by atoms with Crippen molar-refractivity contribution >= 4 is 24.4 Å². The highest BCUT2D eigenvalue weighted by atomic mass is 16.5. The maximum Gasteiger partial charge on any atom is 0.226 e. The van der Waals surface area contributed by atoms with Crippen LogP contribution in [0.15, 0.2) is 47.5 Å². The number of benzene rings is 2. The van der Waals surface area contributed by atoms with Crippen molar-refractivity contribution in [2.75, 3.05) is 0 Å². The van der Waals surface area contributed by atoms with Gasteiger partial charge in [-0.05, 0) is 75.1 Å². The van der Waals surface area contributed by atoms with Crippen LogP contribution in [0.1, 0.15) is 56.6 Å². The highest BCUT2D eigenvalue weighted by Gasteiger charge is 2.47. The van der Waals surface area contributed by atoms with Crippen LogP contribution >= 0.6 is 0 Å². The fourth-order valence-electron chi connectivity index (χ4n) is 5.59. The Morgan fingerprint density at radius 1 is 1.06 bits per heavy atom. The molecule has 166 valence electrons. The van der Waals surface area contributed by atoms with Crippen molar-refractivity contribution in [1.29, 1.82) is 0 Å². The molecule has 4 heteroatoms. The number of fused-ring (bicyclic) bond motifs is 2. The Morgan fingerprint density at radius 2 is 1.75 bits per heavy atom. The summed E-state index contributed by atoms with van der Waals surface area (Å²) in [6.07, 6.45) is 10.6. The molecule has 2 aliphatic heterocycles. The summed E-state index contributed by atoms with van der Waals surface area (Å²) in [7, 11) is 0. The fraction of sp³-hybridized carbons (Fsp3) is 0.429. The lowest BCUT2D eigenvalue weighted by atomic mass is 9.96. The number of hydrogen-bond acceptors (Lipinski definition) is 3. The van der Waals surface area contributed by atoms with Gasteiger partial charge in [0.2, 0.25) is 5.91 Å². The molecule has 0 spiro atoms. The van der Waals surface area contributed by atoms with Crippen molar-refractivity contribution < 1.29 is 9.53 Å². The largest absolute Gasteiger partial charge is 0.490 e. The Balaban J connectivity index is 1.28. The second-order valence-corrected chi connectivity index (χ2v) is 9.47. The molecule has 0 radical (unpaired) electrons. The number of allylic oxidation sites excluding steroid dienone is 1. The summed E-state index contributed by atoms with van der Waals surface area (Å²) in [6.45, 7) is 7.88. The molecule has 3 fully saturated rings. The molecular formula is C28H32N2O2. The van der Waals surface area contributed by atoms with E-state index in [4.69, 9.17) is 4.74 Å². The molecule has 1 aliphatic carbocycles. The van der Waals surface area contributed by atoms with E-state index in [9.17, 15) is 4.79 Å². The lowest BCUT2D eigenvalue weighted by molar-refractivity contribution is -0.138. The number of nitrogens with zero attached hydrogens (tertiary/aromatic N) is 2. The van der Waals surface area contributed by atoms with E-state index < -0.39 is 0 Å². The van der Waals surface area contributed by atoms with Crippen molar-refractivity contribution in [3.8, 4) is 16.9 Å². The van der Waals surface area contributed by atoms with Crippen molar-refractivity contribution in [2.45, 2.75) is 70.6 Å². The number of aliphatic imine (C=N–C) groups is 1. The van der Waals surface area contributed by atoms with Crippen LogP contribution in [0.25, 0.3) is 17.2 Å². The second-order valence-electron chi connectivity index (χ2n) is 9.47. The minimum atomic E-state index is 0.194. The summed E-state index contributed by atoms with van der Waals surface area (Å²) >= 11 is 0. The maximum atomic E-state index is 12.7. The number of amides is 1. The number of carbonyl (C=O) groups is 1. The Kier molecular flexibility index (Phi) is 5.62. The van der Waals surface area contributed by atoms with Gasteiger partial charge in [0.25, 0.3) is 0 Å². The van der Waals surface area contributed by atoms with Gasteiger partial charge in [-0.25, -0.2) is 0 Å². The topological polar surface area (TPSA) is 41.9 Å². The first-order chi connectivity index (χ1) is 15.6. The lowest BCUT2D eigenvalue weighted by Gasteiger charge is -2.39. The van der Waals surface area contributed by atoms with E-state index in [1.807, 2.05) is 13.0 Å². The first kappa shape index (κ1) is 21.0. The van der Waals surface area contributed by atoms with Crippen molar-refractivity contribution in [3.05, 3.63) is 53.6 Å². The van der Waals surface area contributed by atoms with E-state index in [1.54, 1.807) is 0 Å². The van der Waals surface area contributed by atoms with Gasteiger partial charge in [0.1, 0.15) is 11.9 Å². The molecule has 32 heavy (non-hydrogen) atoms. The molecule has 2 aromatic rings. The molecule has 2 heterocycles. The van der Waals surface area contributed by atoms with Gasteiger partial charge in [-0.2, -0.15) is 0 Å². The summed E-state index contributed by atoms with van der Waals surface area (Å²) in [4.78, 5) is 19.1. The number of carbonyl (C=O) groups excluding carboxylic acids is 1. The smallest absolute Gasteiger partial charge is 0.226 e. The van der Waals surface area contributed by atoms with Crippen molar-refractivity contribution in [2.24, 2.45) is 10.9 Å². The Labute approximate surface area is 191 Å². The molecule has 3 aliphatic rings. The third-order valence-corrected chi connectivity index (χ3v) is 7.31. The van der Waals surface area contributed by atoms with Crippen LogP contribution in [0.5, 0.6) is 5.75 Å². The van der Waals surface area contributed by atoms with Crippen LogP contribution < -0.4 is 4.74 Å². The Hall–Kier alpha value is -2.88. The van der Waals surface area contributed by atoms with E-state index in [1.165, 1.54) is 0 Å². The Bertz CT molecular complexity index is 1040. The highest BCUT2D eigenvalue weighted by molar-refractivity contribution is 5.82.